The number of aromatic carboxylic acids is 1. The van der Waals surface area contributed by atoms with E-state index in [4.69, 9.17) is 25.3 Å². The van der Waals surface area contributed by atoms with Gasteiger partial charge in [0.05, 0.1) is 6.04 Å². The monoisotopic (exact) mass is 437 g/mol. The third kappa shape index (κ3) is 5.66. The molecule has 1 fully saturated rings. The zero-order valence-electron chi connectivity index (χ0n) is 17.1. The molecule has 0 bridgehead atoms. The van der Waals surface area contributed by atoms with Crippen molar-refractivity contribution in [1.29, 1.82) is 0 Å². The summed E-state index contributed by atoms with van der Waals surface area (Å²) in [6, 6.07) is 2.56. The predicted octanol–water partition coefficient (Wildman–Crippen LogP) is -2.09. The molecule has 0 radical (unpaired) electrons. The van der Waals surface area contributed by atoms with E-state index in [0.29, 0.717) is 37.9 Å². The maximum absolute atomic E-state index is 12.1. The van der Waals surface area contributed by atoms with Crippen molar-refractivity contribution in [3.8, 4) is 11.5 Å². The molecule has 2 heterocycles. The second kappa shape index (κ2) is 10.3. The Kier molecular flexibility index (Phi) is 7.73. The van der Waals surface area contributed by atoms with E-state index in [2.05, 4.69) is 5.32 Å². The van der Waals surface area contributed by atoms with Gasteiger partial charge in [-0.1, -0.05) is 6.07 Å². The number of carboxylic acids is 1. The van der Waals surface area contributed by atoms with Crippen molar-refractivity contribution in [2.45, 2.75) is 24.9 Å². The highest BCUT2D eigenvalue weighted by atomic mass is 16.5. The maximum Gasteiger partial charge on any atom is 0.522 e. The number of ether oxygens (including phenoxy) is 1. The molecule has 1 atom stereocenters. The van der Waals surface area contributed by atoms with Gasteiger partial charge in [-0.25, -0.2) is 4.79 Å². The van der Waals surface area contributed by atoms with Crippen LogP contribution in [-0.4, -0.2) is 95.8 Å². The van der Waals surface area contributed by atoms with Gasteiger partial charge < -0.3 is 40.8 Å². The molecule has 170 valence electrons. The number of amides is 1. The molecule has 2 aliphatic rings. The number of aryl methyl sites for hydroxylation is 1. The lowest BCUT2D eigenvalue weighted by Crippen LogP contribution is -2.59. The molecule has 11 nitrogen and oxygen atoms in total. The van der Waals surface area contributed by atoms with Gasteiger partial charge in [0.1, 0.15) is 23.2 Å². The van der Waals surface area contributed by atoms with E-state index in [1.54, 1.807) is 12.1 Å². The lowest BCUT2D eigenvalue weighted by Gasteiger charge is -2.40. The SMILES string of the molecule is NC(CN1CC(Oc2ccc3c(c2C(=O)O)OB(O)CC3)C1)C(=O)NCC(CO)CO. The molecule has 31 heavy (non-hydrogen) atoms. The predicted molar refractivity (Wildman–Crippen MR) is 110 cm³/mol. The average Bonchev–Trinajstić information content (AvgIpc) is 2.71. The molecule has 1 unspecified atom stereocenters. The molecule has 0 aliphatic carbocycles. The van der Waals surface area contributed by atoms with Crippen LogP contribution in [0.15, 0.2) is 12.1 Å². The Labute approximate surface area is 179 Å². The lowest BCUT2D eigenvalue weighted by molar-refractivity contribution is -0.123. The number of nitrogens with one attached hydrogen (secondary N) is 1. The molecule has 1 aromatic rings. The molecular formula is C19H28BN3O8. The van der Waals surface area contributed by atoms with E-state index in [1.807, 2.05) is 4.90 Å². The number of nitrogens with zero attached hydrogens (tertiary/aromatic N) is 1. The minimum Gasteiger partial charge on any atom is -0.535 e. The second-order valence-electron chi connectivity index (χ2n) is 7.88. The summed E-state index contributed by atoms with van der Waals surface area (Å²) >= 11 is 0. The Hall–Kier alpha value is -2.38. The topological polar surface area (TPSA) is 175 Å². The average molecular weight is 437 g/mol. The van der Waals surface area contributed by atoms with Gasteiger partial charge in [0.2, 0.25) is 5.91 Å². The third-order valence-electron chi connectivity index (χ3n) is 5.42. The van der Waals surface area contributed by atoms with Crippen LogP contribution in [0.25, 0.3) is 0 Å². The van der Waals surface area contributed by atoms with E-state index in [-0.39, 0.29) is 48.8 Å². The molecule has 2 aliphatic heterocycles. The number of hydrogen-bond acceptors (Lipinski definition) is 9. The van der Waals surface area contributed by atoms with Crippen LogP contribution in [0.1, 0.15) is 15.9 Å². The number of carbonyl (C=O) groups is 2. The van der Waals surface area contributed by atoms with Crippen LogP contribution < -0.4 is 20.4 Å². The molecule has 1 saturated heterocycles. The summed E-state index contributed by atoms with van der Waals surface area (Å²) in [5.74, 6) is -1.69. The number of hydrogen-bond donors (Lipinski definition) is 6. The van der Waals surface area contributed by atoms with Crippen molar-refractivity contribution in [3.05, 3.63) is 23.3 Å². The van der Waals surface area contributed by atoms with Crippen molar-refractivity contribution >= 4 is 19.0 Å². The van der Waals surface area contributed by atoms with Gasteiger partial charge in [-0.3, -0.25) is 9.69 Å². The molecule has 1 amide bonds. The third-order valence-corrected chi connectivity index (χ3v) is 5.42. The Bertz CT molecular complexity index is 801. The van der Waals surface area contributed by atoms with Crippen LogP contribution in [0.4, 0.5) is 0 Å². The van der Waals surface area contributed by atoms with Crippen LogP contribution >= 0.6 is 0 Å². The summed E-state index contributed by atoms with van der Waals surface area (Å²) in [5, 5.41) is 40.0. The summed E-state index contributed by atoms with van der Waals surface area (Å²) in [6.45, 7) is 0.898. The van der Waals surface area contributed by atoms with Gasteiger partial charge in [0.25, 0.3) is 0 Å². The van der Waals surface area contributed by atoms with Crippen molar-refractivity contribution in [3.63, 3.8) is 0 Å². The van der Waals surface area contributed by atoms with Gasteiger partial charge in [0.15, 0.2) is 0 Å². The van der Waals surface area contributed by atoms with E-state index in [9.17, 15) is 19.7 Å². The zero-order valence-corrected chi connectivity index (χ0v) is 17.1. The van der Waals surface area contributed by atoms with Crippen LogP contribution in [0, 0.1) is 5.92 Å². The van der Waals surface area contributed by atoms with Crippen LogP contribution in [0.3, 0.4) is 0 Å². The van der Waals surface area contributed by atoms with Crippen LogP contribution in [0.2, 0.25) is 6.32 Å². The minimum atomic E-state index is -1.19. The molecule has 12 heteroatoms. The first kappa shape index (κ1) is 23.3. The summed E-state index contributed by atoms with van der Waals surface area (Å²) in [5.41, 5.74) is 6.52. The summed E-state index contributed by atoms with van der Waals surface area (Å²) in [4.78, 5) is 25.7. The standard InChI is InChI=1S/C19H28BN3O8/c21-14(18(26)22-5-11(9-24)10-25)8-23-6-13(7-23)30-15-2-1-12-3-4-20(29)31-17(12)16(15)19(27)28/h1-2,11,13-14,24-25,29H,3-10,21H2,(H,22,26)(H,27,28). The van der Waals surface area contributed by atoms with Gasteiger partial charge in [0, 0.05) is 45.3 Å². The highest BCUT2D eigenvalue weighted by molar-refractivity contribution is 6.44. The highest BCUT2D eigenvalue weighted by Crippen LogP contribution is 2.37. The first-order valence-corrected chi connectivity index (χ1v) is 10.2. The van der Waals surface area contributed by atoms with Gasteiger partial charge in [-0.15, -0.1) is 0 Å². The number of aliphatic hydroxyl groups excluding tert-OH is 2. The van der Waals surface area contributed by atoms with E-state index >= 15 is 0 Å². The number of aliphatic hydroxyl groups is 2. The number of rotatable bonds is 10. The summed E-state index contributed by atoms with van der Waals surface area (Å²) in [6.07, 6.45) is 0.650. The Morgan fingerprint density at radius 1 is 1.32 bits per heavy atom. The number of nitrogens with two attached hydrogens (primary N) is 1. The molecule has 0 saturated carbocycles. The number of benzene rings is 1. The van der Waals surface area contributed by atoms with Crippen LogP contribution in [-0.2, 0) is 11.2 Å². The highest BCUT2D eigenvalue weighted by Gasteiger charge is 2.34. The van der Waals surface area contributed by atoms with Crippen molar-refractivity contribution < 1.29 is 39.3 Å². The Morgan fingerprint density at radius 2 is 2.03 bits per heavy atom. The number of likely N-dealkylation sites (tertiary alicyclic amines) is 1. The fourth-order valence-corrected chi connectivity index (χ4v) is 3.56. The number of carboxylic acid groups (broad SMARTS) is 1. The molecule has 7 N–H and O–H groups in total. The number of fused-ring (bicyclic) bond motifs is 1. The van der Waals surface area contributed by atoms with Crippen molar-refractivity contribution in [1.82, 2.24) is 10.2 Å². The fraction of sp³-hybridized carbons (Fsp3) is 0.579. The molecule has 3 rings (SSSR count). The van der Waals surface area contributed by atoms with Gasteiger partial charge in [-0.05, 0) is 24.4 Å². The molecule has 0 spiro atoms. The molecule has 0 aromatic heterocycles. The zero-order chi connectivity index (χ0) is 22.5. The Morgan fingerprint density at radius 3 is 2.68 bits per heavy atom. The number of carbonyl (C=O) groups excluding carboxylic acids is 1. The second-order valence-corrected chi connectivity index (χ2v) is 7.88. The molecular weight excluding hydrogens is 409 g/mol. The van der Waals surface area contributed by atoms with Crippen LogP contribution in [0.5, 0.6) is 11.5 Å². The van der Waals surface area contributed by atoms with Crippen molar-refractivity contribution in [2.75, 3.05) is 39.4 Å². The minimum absolute atomic E-state index is 0.104. The fourth-order valence-electron chi connectivity index (χ4n) is 3.56. The normalized spacial score (nSPS) is 17.5. The van der Waals surface area contributed by atoms with Gasteiger partial charge in [-0.2, -0.15) is 0 Å². The van der Waals surface area contributed by atoms with E-state index in [1.165, 1.54) is 0 Å². The van der Waals surface area contributed by atoms with E-state index < -0.39 is 25.0 Å². The maximum atomic E-state index is 12.1. The smallest absolute Gasteiger partial charge is 0.522 e. The summed E-state index contributed by atoms with van der Waals surface area (Å²) in [7, 11) is -1.04. The summed E-state index contributed by atoms with van der Waals surface area (Å²) < 4.78 is 11.2. The van der Waals surface area contributed by atoms with E-state index in [0.717, 1.165) is 0 Å². The first-order chi connectivity index (χ1) is 14.8. The van der Waals surface area contributed by atoms with Crippen molar-refractivity contribution in [2.24, 2.45) is 11.7 Å². The first-order valence-electron chi connectivity index (χ1n) is 10.2. The lowest BCUT2D eigenvalue weighted by atomic mass is 9.78. The van der Waals surface area contributed by atoms with Gasteiger partial charge >= 0.3 is 13.1 Å². The largest absolute Gasteiger partial charge is 0.535 e. The molecule has 1 aromatic carbocycles. The Balaban J connectivity index is 1.51. The quantitative estimate of drug-likeness (QED) is 0.223.